The van der Waals surface area contributed by atoms with Crippen LogP contribution in [0.4, 0.5) is 13.2 Å². The van der Waals surface area contributed by atoms with Gasteiger partial charge in [0.05, 0.1) is 0 Å². The third kappa shape index (κ3) is 4.17. The fourth-order valence-electron chi connectivity index (χ4n) is 1.21. The van der Waals surface area contributed by atoms with Crippen LogP contribution in [0.25, 0.3) is 0 Å². The highest BCUT2D eigenvalue weighted by Gasteiger charge is 2.30. The Hall–Kier alpha value is -0.490. The molecule has 1 rings (SSSR count). The molecule has 16 heavy (non-hydrogen) atoms. The molecule has 0 saturated heterocycles. The Bertz CT molecular complexity index is 379. The van der Waals surface area contributed by atoms with Crippen LogP contribution in [0.3, 0.4) is 0 Å². The van der Waals surface area contributed by atoms with Crippen LogP contribution in [0.15, 0.2) is 27.6 Å². The van der Waals surface area contributed by atoms with Gasteiger partial charge in [0.15, 0.2) is 0 Å². The predicted octanol–water partition coefficient (Wildman–Crippen LogP) is 4.19. The van der Waals surface area contributed by atoms with Crippen LogP contribution < -0.4 is 0 Å². The van der Waals surface area contributed by atoms with Crippen LogP contribution in [0.5, 0.6) is 0 Å². The van der Waals surface area contributed by atoms with Gasteiger partial charge in [0.25, 0.3) is 0 Å². The number of hydrogen-bond acceptors (Lipinski definition) is 2. The molecule has 1 aromatic carbocycles. The van der Waals surface area contributed by atoms with E-state index in [0.29, 0.717) is 22.7 Å². The average Bonchev–Trinajstić information content (AvgIpc) is 2.14. The van der Waals surface area contributed by atoms with Gasteiger partial charge in [-0.3, -0.25) is 0 Å². The van der Waals surface area contributed by atoms with Crippen molar-refractivity contribution in [3.63, 3.8) is 0 Å². The molecule has 0 spiro atoms. The zero-order valence-corrected chi connectivity index (χ0v) is 10.5. The van der Waals surface area contributed by atoms with E-state index in [9.17, 15) is 18.0 Å². The summed E-state index contributed by atoms with van der Waals surface area (Å²) in [6.45, 7) is 0. The second-order valence-corrected chi connectivity index (χ2v) is 4.93. The van der Waals surface area contributed by atoms with Crippen molar-refractivity contribution in [2.75, 3.05) is 0 Å². The van der Waals surface area contributed by atoms with Crippen LogP contribution in [-0.2, 0) is 11.2 Å². The zero-order chi connectivity index (χ0) is 12.2. The summed E-state index contributed by atoms with van der Waals surface area (Å²) in [5, 5.41) is 0. The fourth-order valence-corrected chi connectivity index (χ4v) is 2.63. The predicted molar refractivity (Wildman–Crippen MR) is 60.4 cm³/mol. The highest BCUT2D eigenvalue weighted by Crippen LogP contribution is 2.40. The Morgan fingerprint density at radius 2 is 2.06 bits per heavy atom. The first-order valence-electron chi connectivity index (χ1n) is 4.41. The third-order valence-electron chi connectivity index (χ3n) is 1.81. The van der Waals surface area contributed by atoms with E-state index in [2.05, 4.69) is 15.9 Å². The molecule has 0 aromatic heterocycles. The number of aldehydes is 1. The van der Waals surface area contributed by atoms with Crippen molar-refractivity contribution >= 4 is 34.0 Å². The van der Waals surface area contributed by atoms with Gasteiger partial charge in [-0.05, 0) is 35.9 Å². The second-order valence-electron chi connectivity index (χ2n) is 2.97. The van der Waals surface area contributed by atoms with Crippen LogP contribution in [0, 0.1) is 0 Å². The molecule has 0 fully saturated rings. The molecule has 0 bridgehead atoms. The summed E-state index contributed by atoms with van der Waals surface area (Å²) < 4.78 is 37.4. The third-order valence-corrected chi connectivity index (χ3v) is 3.39. The number of halogens is 4. The number of rotatable bonds is 4. The first kappa shape index (κ1) is 13.6. The fraction of sp³-hybridized carbons (Fsp3) is 0.300. The number of hydrogen-bond donors (Lipinski definition) is 0. The SMILES string of the molecule is O=CCCc1c(Br)cccc1SC(F)(F)F. The molecule has 0 aliphatic rings. The van der Waals surface area contributed by atoms with E-state index < -0.39 is 5.51 Å². The maximum Gasteiger partial charge on any atom is 0.446 e. The van der Waals surface area contributed by atoms with E-state index in [1.807, 2.05) is 0 Å². The van der Waals surface area contributed by atoms with Gasteiger partial charge in [0.1, 0.15) is 6.29 Å². The van der Waals surface area contributed by atoms with Crippen LogP contribution in [-0.4, -0.2) is 11.8 Å². The quantitative estimate of drug-likeness (QED) is 0.612. The molecule has 0 N–H and O–H groups in total. The lowest BCUT2D eigenvalue weighted by molar-refractivity contribution is -0.107. The number of thioether (sulfide) groups is 1. The summed E-state index contributed by atoms with van der Waals surface area (Å²) in [4.78, 5) is 10.4. The Balaban J connectivity index is 2.97. The molecule has 0 unspecified atom stereocenters. The lowest BCUT2D eigenvalue weighted by Gasteiger charge is -2.11. The van der Waals surface area contributed by atoms with Gasteiger partial charge < -0.3 is 4.79 Å². The van der Waals surface area contributed by atoms with Crippen molar-refractivity contribution in [1.29, 1.82) is 0 Å². The first-order valence-corrected chi connectivity index (χ1v) is 6.02. The highest BCUT2D eigenvalue weighted by atomic mass is 79.9. The topological polar surface area (TPSA) is 17.1 Å². The monoisotopic (exact) mass is 312 g/mol. The van der Waals surface area contributed by atoms with Crippen molar-refractivity contribution in [3.8, 4) is 0 Å². The molecule has 6 heteroatoms. The van der Waals surface area contributed by atoms with E-state index in [4.69, 9.17) is 0 Å². The zero-order valence-electron chi connectivity index (χ0n) is 8.05. The number of alkyl halides is 3. The van der Waals surface area contributed by atoms with Gasteiger partial charge in [-0.1, -0.05) is 22.0 Å². The lowest BCUT2D eigenvalue weighted by Crippen LogP contribution is -2.02. The average molecular weight is 313 g/mol. The van der Waals surface area contributed by atoms with Gasteiger partial charge in [-0.2, -0.15) is 13.2 Å². The van der Waals surface area contributed by atoms with Crippen molar-refractivity contribution in [2.24, 2.45) is 0 Å². The largest absolute Gasteiger partial charge is 0.446 e. The molecule has 88 valence electrons. The Labute approximate surface area is 104 Å². The number of carbonyl (C=O) groups is 1. The highest BCUT2D eigenvalue weighted by molar-refractivity contribution is 9.10. The van der Waals surface area contributed by atoms with Gasteiger partial charge in [-0.25, -0.2) is 0 Å². The normalized spacial score (nSPS) is 11.5. The molecule has 1 nitrogen and oxygen atoms in total. The van der Waals surface area contributed by atoms with E-state index in [0.717, 1.165) is 0 Å². The minimum Gasteiger partial charge on any atom is -0.303 e. The lowest BCUT2D eigenvalue weighted by atomic mass is 10.1. The van der Waals surface area contributed by atoms with E-state index >= 15 is 0 Å². The van der Waals surface area contributed by atoms with Crippen molar-refractivity contribution in [3.05, 3.63) is 28.2 Å². The van der Waals surface area contributed by atoms with Gasteiger partial charge >= 0.3 is 5.51 Å². The summed E-state index contributed by atoms with van der Waals surface area (Å²) in [5.74, 6) is 0. The standard InChI is InChI=1S/C10H8BrF3OS/c11-8-4-1-5-9(16-10(12,13)14)7(8)3-2-6-15/h1,4-6H,2-3H2. The summed E-state index contributed by atoms with van der Waals surface area (Å²) in [7, 11) is 0. The molecule has 0 aliphatic carbocycles. The molecule has 0 radical (unpaired) electrons. The van der Waals surface area contributed by atoms with Crippen molar-refractivity contribution < 1.29 is 18.0 Å². The van der Waals surface area contributed by atoms with E-state index in [1.54, 1.807) is 12.1 Å². The summed E-state index contributed by atoms with van der Waals surface area (Å²) in [5.41, 5.74) is -3.78. The Morgan fingerprint density at radius 3 is 2.62 bits per heavy atom. The molecule has 0 heterocycles. The second kappa shape index (κ2) is 5.72. The van der Waals surface area contributed by atoms with Gasteiger partial charge in [0, 0.05) is 15.8 Å². The molecule has 0 atom stereocenters. The van der Waals surface area contributed by atoms with Gasteiger partial charge in [-0.15, -0.1) is 0 Å². The Kier molecular flexibility index (Phi) is 4.86. The Morgan fingerprint density at radius 1 is 1.38 bits per heavy atom. The molecule has 0 saturated carbocycles. The molecular formula is C10H8BrF3OS. The smallest absolute Gasteiger partial charge is 0.303 e. The molecular weight excluding hydrogens is 305 g/mol. The van der Waals surface area contributed by atoms with Crippen molar-refractivity contribution in [2.45, 2.75) is 23.2 Å². The molecule has 0 amide bonds. The van der Waals surface area contributed by atoms with E-state index in [-0.39, 0.29) is 23.1 Å². The van der Waals surface area contributed by atoms with Crippen LogP contribution in [0.2, 0.25) is 0 Å². The van der Waals surface area contributed by atoms with Crippen LogP contribution >= 0.6 is 27.7 Å². The van der Waals surface area contributed by atoms with Crippen LogP contribution in [0.1, 0.15) is 12.0 Å². The maximum absolute atomic E-state index is 12.3. The summed E-state index contributed by atoms with van der Waals surface area (Å²) in [6.07, 6.45) is 1.22. The minimum absolute atomic E-state index is 0.142. The number of carbonyl (C=O) groups excluding carboxylic acids is 1. The van der Waals surface area contributed by atoms with Crippen molar-refractivity contribution in [1.82, 2.24) is 0 Å². The minimum atomic E-state index is -4.31. The maximum atomic E-state index is 12.3. The first-order chi connectivity index (χ1) is 7.44. The van der Waals surface area contributed by atoms with E-state index in [1.165, 1.54) is 6.07 Å². The summed E-state index contributed by atoms with van der Waals surface area (Å²) in [6, 6.07) is 4.62. The molecule has 1 aromatic rings. The van der Waals surface area contributed by atoms with Gasteiger partial charge in [0.2, 0.25) is 0 Å². The molecule has 0 aliphatic heterocycles. The number of benzene rings is 1. The summed E-state index contributed by atoms with van der Waals surface area (Å²) >= 11 is 3.03.